The molecule has 0 N–H and O–H groups in total. The highest BCUT2D eigenvalue weighted by molar-refractivity contribution is 6.04. The van der Waals surface area contributed by atoms with Crippen LogP contribution in [0, 0.1) is 23.7 Å². The molecule has 0 amide bonds. The van der Waals surface area contributed by atoms with Crippen molar-refractivity contribution in [3.63, 3.8) is 0 Å². The number of benzene rings is 2. The summed E-state index contributed by atoms with van der Waals surface area (Å²) in [6, 6.07) is 15.8. The monoisotopic (exact) mass is 925 g/mol. The molecule has 68 heavy (non-hydrogen) atoms. The second-order valence-electron chi connectivity index (χ2n) is 20.2. The molecule has 0 radical (unpaired) electrons. The number of carbonyl (C=O) groups excluding carboxylic acids is 4. The van der Waals surface area contributed by atoms with Crippen LogP contribution in [0.15, 0.2) is 73.3 Å². The molecule has 8 nitrogen and oxygen atoms in total. The number of rotatable bonds is 28. The Morgan fingerprint density at radius 3 is 1.13 bits per heavy atom. The minimum Gasteiger partial charge on any atom is -0.299 e. The Labute approximate surface area is 410 Å². The largest absolute Gasteiger partial charge is 0.299 e. The van der Waals surface area contributed by atoms with Crippen LogP contribution in [0.1, 0.15) is 204 Å². The van der Waals surface area contributed by atoms with Crippen molar-refractivity contribution in [2.45, 2.75) is 207 Å². The smallest absolute Gasteiger partial charge is 0.159 e. The van der Waals surface area contributed by atoms with E-state index in [0.29, 0.717) is 49.2 Å². The molecule has 2 aromatic carbocycles. The van der Waals surface area contributed by atoms with Crippen molar-refractivity contribution in [3.8, 4) is 22.8 Å². The zero-order chi connectivity index (χ0) is 48.4. The molecular weight excluding hydrogens is 841 g/mol. The lowest BCUT2D eigenvalue weighted by Crippen LogP contribution is -2.32. The van der Waals surface area contributed by atoms with Gasteiger partial charge in [-0.2, -0.15) is 0 Å². The van der Waals surface area contributed by atoms with Gasteiger partial charge in [-0.1, -0.05) is 179 Å². The van der Waals surface area contributed by atoms with Crippen LogP contribution < -0.4 is 0 Å². The topological polar surface area (TPSA) is 120 Å². The summed E-state index contributed by atoms with van der Waals surface area (Å²) in [7, 11) is 0. The van der Waals surface area contributed by atoms with Gasteiger partial charge in [-0.05, 0) is 85.5 Å². The van der Waals surface area contributed by atoms with Gasteiger partial charge in [0.2, 0.25) is 0 Å². The normalized spacial score (nSPS) is 18.2. The van der Waals surface area contributed by atoms with E-state index in [9.17, 15) is 19.2 Å². The first-order valence-electron chi connectivity index (χ1n) is 27.1. The first-order valence-corrected chi connectivity index (χ1v) is 27.1. The van der Waals surface area contributed by atoms with Gasteiger partial charge in [0.1, 0.15) is 23.1 Å². The summed E-state index contributed by atoms with van der Waals surface area (Å²) < 4.78 is 0. The fourth-order valence-corrected chi connectivity index (χ4v) is 10.0. The van der Waals surface area contributed by atoms with Gasteiger partial charge in [-0.15, -0.1) is 0 Å². The lowest BCUT2D eigenvalue weighted by Gasteiger charge is -2.26. The highest BCUT2D eigenvalue weighted by atomic mass is 16.2. The molecule has 0 aliphatic heterocycles. The maximum Gasteiger partial charge on any atom is 0.159 e. The van der Waals surface area contributed by atoms with E-state index in [0.717, 1.165) is 73.6 Å². The minimum atomic E-state index is -0.403. The molecule has 2 heterocycles. The molecular formula is C60H84N4O4. The molecule has 4 unspecified atom stereocenters. The average Bonchev–Trinajstić information content (AvgIpc) is 3.35. The molecule has 4 atom stereocenters. The van der Waals surface area contributed by atoms with E-state index in [2.05, 4.69) is 47.6 Å². The predicted molar refractivity (Wildman–Crippen MR) is 277 cm³/mol. The fraction of sp³-hybridized carbons (Fsp3) is 0.600. The van der Waals surface area contributed by atoms with Gasteiger partial charge in [-0.3, -0.25) is 19.2 Å². The van der Waals surface area contributed by atoms with E-state index >= 15 is 0 Å². The van der Waals surface area contributed by atoms with Gasteiger partial charge < -0.3 is 0 Å². The van der Waals surface area contributed by atoms with E-state index in [1.165, 1.54) is 114 Å². The van der Waals surface area contributed by atoms with E-state index in [4.69, 9.17) is 0 Å². The maximum absolute atomic E-state index is 12.9. The summed E-state index contributed by atoms with van der Waals surface area (Å²) in [5.41, 5.74) is 6.18. The molecule has 4 aromatic rings. The fourth-order valence-electron chi connectivity index (χ4n) is 10.0. The predicted octanol–water partition coefficient (Wildman–Crippen LogP) is 14.7. The molecule has 2 aliphatic carbocycles. The van der Waals surface area contributed by atoms with Gasteiger partial charge >= 0.3 is 0 Å². The van der Waals surface area contributed by atoms with Crippen LogP contribution in [-0.4, -0.2) is 43.1 Å². The van der Waals surface area contributed by atoms with Crippen molar-refractivity contribution < 1.29 is 19.2 Å². The Hall–Kier alpha value is -4.72. The Morgan fingerprint density at radius 2 is 0.765 bits per heavy atom. The van der Waals surface area contributed by atoms with Crippen molar-refractivity contribution in [2.24, 2.45) is 23.7 Å². The number of hydrogen-bond acceptors (Lipinski definition) is 8. The van der Waals surface area contributed by atoms with Gasteiger partial charge in [0.25, 0.3) is 0 Å². The summed E-state index contributed by atoms with van der Waals surface area (Å²) in [5.74, 6) is 2.05. The number of aromatic nitrogens is 4. The zero-order valence-corrected chi connectivity index (χ0v) is 42.5. The summed E-state index contributed by atoms with van der Waals surface area (Å²) >= 11 is 0. The third-order valence-electron chi connectivity index (χ3n) is 14.4. The number of ketones is 4. The quantitative estimate of drug-likeness (QED) is 0.0408. The van der Waals surface area contributed by atoms with Gasteiger partial charge in [0.05, 0.1) is 11.8 Å². The molecule has 0 spiro atoms. The second-order valence-corrected chi connectivity index (χ2v) is 20.2. The Balaban J connectivity index is 0.000000255. The maximum atomic E-state index is 12.9. The van der Waals surface area contributed by atoms with Crippen LogP contribution in [0.4, 0.5) is 0 Å². The number of Topliss-reactive ketones (excluding diaryl/α,β-unsaturated/α-hetero) is 4. The lowest BCUT2D eigenvalue weighted by molar-refractivity contribution is -0.136. The van der Waals surface area contributed by atoms with Crippen LogP contribution in [0.5, 0.6) is 0 Å². The Bertz CT molecular complexity index is 2080. The summed E-state index contributed by atoms with van der Waals surface area (Å²) in [4.78, 5) is 69.2. The molecule has 368 valence electrons. The molecule has 8 heteroatoms. The van der Waals surface area contributed by atoms with Crippen molar-refractivity contribution in [2.75, 3.05) is 0 Å². The molecule has 2 aromatic heterocycles. The number of hydrogen-bond donors (Lipinski definition) is 0. The van der Waals surface area contributed by atoms with Crippen molar-refractivity contribution in [3.05, 3.63) is 95.6 Å². The standard InChI is InChI=1S/C31H44N2O2.C29H40N2O2/c1-3-5-7-9-11-12-24-16-19-28(29(34)20-24)30(35)21-25-14-17-27(18-15-25)31-32-22-26(23-33-31)13-10-8-6-4-2;1-3-5-7-9-11-24-20-30-29(31-21-24)25-15-12-23(13-16-25)19-28(33)26-17-14-22(18-27(26)32)10-8-6-4-2/h14-15,17-18,22-24,28H,3-13,16,19-21H2,1-2H3;12-13,15-16,20-22,26H,3-11,14,17-19H2,1-2H3. The van der Waals surface area contributed by atoms with Crippen molar-refractivity contribution >= 4 is 23.1 Å². The van der Waals surface area contributed by atoms with Crippen LogP contribution in [-0.2, 0) is 44.9 Å². The summed E-state index contributed by atoms with van der Waals surface area (Å²) in [5, 5.41) is 0. The number of aryl methyl sites for hydroxylation is 2. The van der Waals surface area contributed by atoms with E-state index < -0.39 is 11.8 Å². The second kappa shape index (κ2) is 30.7. The van der Waals surface area contributed by atoms with Crippen LogP contribution in [0.3, 0.4) is 0 Å². The molecule has 2 saturated carbocycles. The van der Waals surface area contributed by atoms with Gasteiger partial charge in [0.15, 0.2) is 11.6 Å². The highest BCUT2D eigenvalue weighted by Gasteiger charge is 2.34. The van der Waals surface area contributed by atoms with E-state index in [1.54, 1.807) is 0 Å². The van der Waals surface area contributed by atoms with E-state index in [1.807, 2.05) is 73.3 Å². The Kier molecular flexibility index (Phi) is 24.5. The van der Waals surface area contributed by atoms with Crippen LogP contribution in [0.2, 0.25) is 0 Å². The van der Waals surface area contributed by atoms with Crippen molar-refractivity contribution in [1.82, 2.24) is 19.9 Å². The number of unbranched alkanes of at least 4 members (excludes halogenated alkanes) is 12. The summed E-state index contributed by atoms with van der Waals surface area (Å²) in [6.45, 7) is 8.88. The van der Waals surface area contributed by atoms with Gasteiger partial charge in [-0.25, -0.2) is 19.9 Å². The number of carbonyl (C=O) groups is 4. The van der Waals surface area contributed by atoms with Crippen LogP contribution >= 0.6 is 0 Å². The van der Waals surface area contributed by atoms with Crippen LogP contribution in [0.25, 0.3) is 22.8 Å². The highest BCUT2D eigenvalue weighted by Crippen LogP contribution is 2.33. The molecule has 2 aliphatic rings. The first-order chi connectivity index (χ1) is 33.2. The third-order valence-corrected chi connectivity index (χ3v) is 14.4. The Morgan fingerprint density at radius 1 is 0.426 bits per heavy atom. The molecule has 6 rings (SSSR count). The minimum absolute atomic E-state index is 0.0726. The molecule has 0 bridgehead atoms. The van der Waals surface area contributed by atoms with E-state index in [-0.39, 0.29) is 23.1 Å². The number of nitrogens with zero attached hydrogens (tertiary/aromatic N) is 4. The molecule has 0 saturated heterocycles. The summed E-state index contributed by atoms with van der Waals surface area (Å²) in [6.07, 6.45) is 37.3. The average molecular weight is 925 g/mol. The molecule has 2 fully saturated rings. The SMILES string of the molecule is CCCCCCCC1CCC(C(=O)Cc2ccc(-c3ncc(CCCCCC)cn3)cc2)C(=O)C1.CCCCCCc1cnc(-c2ccc(CC(=O)C3CCC(CCCCC)CC3=O)cc2)nc1. The lowest BCUT2D eigenvalue weighted by atomic mass is 9.76. The zero-order valence-electron chi connectivity index (χ0n) is 42.5. The van der Waals surface area contributed by atoms with Gasteiger partial charge in [0, 0.05) is 61.6 Å². The third kappa shape index (κ3) is 18.6. The first kappa shape index (κ1) is 54.2. The van der Waals surface area contributed by atoms with Crippen molar-refractivity contribution in [1.29, 1.82) is 0 Å².